The Labute approximate surface area is 87.4 Å². The van der Waals surface area contributed by atoms with E-state index in [-0.39, 0.29) is 5.19 Å². The Balaban J connectivity index is 1.85. The van der Waals surface area contributed by atoms with E-state index in [1.165, 1.54) is 37.3 Å². The molecule has 1 aromatic heterocycles. The minimum atomic E-state index is 0.219. The molecule has 4 heteroatoms. The number of aromatic hydroxyl groups is 1. The minimum absolute atomic E-state index is 0.219. The van der Waals surface area contributed by atoms with Crippen LogP contribution < -0.4 is 0 Å². The molecule has 3 aliphatic rings. The molecule has 0 saturated carbocycles. The van der Waals surface area contributed by atoms with Crippen molar-refractivity contribution in [1.29, 1.82) is 0 Å². The van der Waals surface area contributed by atoms with Gasteiger partial charge in [0.15, 0.2) is 0 Å². The molecule has 4 rings (SSSR count). The lowest BCUT2D eigenvalue weighted by atomic mass is 9.78. The highest BCUT2D eigenvalue weighted by molar-refractivity contribution is 7.11. The molecular weight excluding hydrogens is 196 g/mol. The van der Waals surface area contributed by atoms with Crippen LogP contribution in [0.4, 0.5) is 0 Å². The van der Waals surface area contributed by atoms with Crippen LogP contribution in [-0.2, 0) is 0 Å². The number of fused-ring (bicyclic) bond motifs is 3. The Kier molecular flexibility index (Phi) is 1.99. The summed E-state index contributed by atoms with van der Waals surface area (Å²) in [6, 6.07) is 0. The highest BCUT2D eigenvalue weighted by Gasteiger charge is 2.36. The van der Waals surface area contributed by atoms with Gasteiger partial charge in [0, 0.05) is 17.8 Å². The van der Waals surface area contributed by atoms with E-state index in [1.54, 1.807) is 0 Å². The Morgan fingerprint density at radius 2 is 2.21 bits per heavy atom. The van der Waals surface area contributed by atoms with Crippen LogP contribution >= 0.6 is 11.3 Å². The van der Waals surface area contributed by atoms with Crippen molar-refractivity contribution in [3.05, 3.63) is 11.1 Å². The summed E-state index contributed by atoms with van der Waals surface area (Å²) in [7, 11) is 0. The Morgan fingerprint density at radius 1 is 1.43 bits per heavy atom. The summed E-state index contributed by atoms with van der Waals surface area (Å²) in [4.78, 5) is 6.72. The van der Waals surface area contributed by atoms with Gasteiger partial charge in [-0.05, 0) is 31.8 Å². The molecule has 4 heterocycles. The average Bonchev–Trinajstić information content (AvgIpc) is 2.66. The first-order valence-corrected chi connectivity index (χ1v) is 6.07. The van der Waals surface area contributed by atoms with Crippen LogP contribution in [0.2, 0.25) is 0 Å². The van der Waals surface area contributed by atoms with Crippen molar-refractivity contribution in [3.8, 4) is 5.19 Å². The summed E-state index contributed by atoms with van der Waals surface area (Å²) in [6.45, 7) is 3.67. The number of thiazole rings is 1. The van der Waals surface area contributed by atoms with Gasteiger partial charge >= 0.3 is 0 Å². The van der Waals surface area contributed by atoms with E-state index < -0.39 is 0 Å². The van der Waals surface area contributed by atoms with E-state index in [4.69, 9.17) is 0 Å². The lowest BCUT2D eigenvalue weighted by Gasteiger charge is -2.44. The molecule has 76 valence electrons. The van der Waals surface area contributed by atoms with Gasteiger partial charge in [-0.25, -0.2) is 4.98 Å². The van der Waals surface area contributed by atoms with E-state index in [2.05, 4.69) is 9.88 Å². The first-order valence-electron chi connectivity index (χ1n) is 5.19. The topological polar surface area (TPSA) is 36.4 Å². The molecule has 1 atom stereocenters. The Morgan fingerprint density at radius 3 is 2.71 bits per heavy atom. The molecule has 2 bridgehead atoms. The van der Waals surface area contributed by atoms with Crippen LogP contribution in [-0.4, -0.2) is 34.6 Å². The standard InChI is InChI=1S/C10H14N2OS/c13-10-11-9(6-14-10)8-5-12-3-1-7(8)2-4-12/h6-8H,1-5H2,(H,11,13). The molecule has 0 radical (unpaired) electrons. The van der Waals surface area contributed by atoms with Crippen LogP contribution in [0.3, 0.4) is 0 Å². The molecule has 0 spiro atoms. The van der Waals surface area contributed by atoms with Gasteiger partial charge in [-0.15, -0.1) is 0 Å². The Bertz CT molecular complexity index is 331. The summed E-state index contributed by atoms with van der Waals surface area (Å²) < 4.78 is 0. The second kappa shape index (κ2) is 3.21. The van der Waals surface area contributed by atoms with Crippen LogP contribution in [0, 0.1) is 5.92 Å². The van der Waals surface area contributed by atoms with Gasteiger partial charge < -0.3 is 10.0 Å². The van der Waals surface area contributed by atoms with Crippen LogP contribution in [0.25, 0.3) is 0 Å². The average molecular weight is 210 g/mol. The van der Waals surface area contributed by atoms with E-state index in [1.807, 2.05) is 5.38 Å². The molecule has 0 aliphatic carbocycles. The number of rotatable bonds is 1. The van der Waals surface area contributed by atoms with Gasteiger partial charge in [0.05, 0.1) is 5.69 Å². The minimum Gasteiger partial charge on any atom is -0.486 e. The molecule has 0 aromatic carbocycles. The summed E-state index contributed by atoms with van der Waals surface area (Å²) in [5.74, 6) is 1.39. The number of hydrogen-bond acceptors (Lipinski definition) is 4. The largest absolute Gasteiger partial charge is 0.486 e. The summed E-state index contributed by atoms with van der Waals surface area (Å²) in [5.41, 5.74) is 1.11. The number of hydrogen-bond donors (Lipinski definition) is 1. The number of aromatic nitrogens is 1. The zero-order chi connectivity index (χ0) is 9.54. The monoisotopic (exact) mass is 210 g/mol. The first kappa shape index (κ1) is 8.68. The summed E-state index contributed by atoms with van der Waals surface area (Å²) >= 11 is 1.35. The van der Waals surface area contributed by atoms with Gasteiger partial charge in [0.1, 0.15) is 0 Å². The van der Waals surface area contributed by atoms with Crippen molar-refractivity contribution in [2.45, 2.75) is 18.8 Å². The molecule has 1 unspecified atom stereocenters. The maximum absolute atomic E-state index is 9.25. The van der Waals surface area contributed by atoms with Gasteiger partial charge in [-0.3, -0.25) is 0 Å². The van der Waals surface area contributed by atoms with Crippen molar-refractivity contribution in [2.75, 3.05) is 19.6 Å². The molecule has 3 nitrogen and oxygen atoms in total. The van der Waals surface area contributed by atoms with Crippen molar-refractivity contribution in [3.63, 3.8) is 0 Å². The maximum Gasteiger partial charge on any atom is 0.270 e. The molecule has 1 aromatic rings. The predicted molar refractivity (Wildman–Crippen MR) is 55.7 cm³/mol. The van der Waals surface area contributed by atoms with Crippen LogP contribution in [0.1, 0.15) is 24.5 Å². The van der Waals surface area contributed by atoms with Crippen LogP contribution in [0.5, 0.6) is 5.19 Å². The molecular formula is C10H14N2OS. The van der Waals surface area contributed by atoms with Gasteiger partial charge in [-0.2, -0.15) is 0 Å². The highest BCUT2D eigenvalue weighted by atomic mass is 32.1. The van der Waals surface area contributed by atoms with Gasteiger partial charge in [-0.1, -0.05) is 11.3 Å². The second-order valence-electron chi connectivity index (χ2n) is 4.30. The smallest absolute Gasteiger partial charge is 0.270 e. The second-order valence-corrected chi connectivity index (χ2v) is 5.14. The summed E-state index contributed by atoms with van der Waals surface area (Å²) in [6.07, 6.45) is 2.62. The molecule has 1 N–H and O–H groups in total. The third-order valence-corrected chi connectivity index (χ3v) is 4.21. The van der Waals surface area contributed by atoms with E-state index in [9.17, 15) is 5.11 Å². The zero-order valence-corrected chi connectivity index (χ0v) is 8.83. The van der Waals surface area contributed by atoms with Crippen molar-refractivity contribution >= 4 is 11.3 Å². The van der Waals surface area contributed by atoms with E-state index in [0.717, 1.165) is 18.2 Å². The number of nitrogens with zero attached hydrogens (tertiary/aromatic N) is 2. The zero-order valence-electron chi connectivity index (χ0n) is 8.02. The van der Waals surface area contributed by atoms with Gasteiger partial charge in [0.2, 0.25) is 0 Å². The predicted octanol–water partition coefficient (Wildman–Crippen LogP) is 1.66. The lowest BCUT2D eigenvalue weighted by Crippen LogP contribution is -2.46. The quantitative estimate of drug-likeness (QED) is 0.766. The lowest BCUT2D eigenvalue weighted by molar-refractivity contribution is 0.0855. The Hall–Kier alpha value is -0.610. The molecule has 3 saturated heterocycles. The van der Waals surface area contributed by atoms with Crippen LogP contribution in [0.15, 0.2) is 5.38 Å². The van der Waals surface area contributed by atoms with Crippen molar-refractivity contribution < 1.29 is 5.11 Å². The molecule has 14 heavy (non-hydrogen) atoms. The first-order chi connectivity index (χ1) is 6.83. The third-order valence-electron chi connectivity index (χ3n) is 3.55. The molecule has 3 aliphatic heterocycles. The summed E-state index contributed by atoms with van der Waals surface area (Å²) in [5, 5.41) is 11.5. The number of piperidine rings is 3. The fourth-order valence-electron chi connectivity index (χ4n) is 2.75. The van der Waals surface area contributed by atoms with Crippen molar-refractivity contribution in [2.24, 2.45) is 5.92 Å². The SMILES string of the molecule is Oc1nc(C2CN3CCC2CC3)cs1. The fourth-order valence-corrected chi connectivity index (χ4v) is 3.36. The molecule has 3 fully saturated rings. The van der Waals surface area contributed by atoms with Gasteiger partial charge in [0.25, 0.3) is 5.19 Å². The van der Waals surface area contributed by atoms with E-state index in [0.29, 0.717) is 5.92 Å². The van der Waals surface area contributed by atoms with Crippen molar-refractivity contribution in [1.82, 2.24) is 9.88 Å². The van der Waals surface area contributed by atoms with E-state index >= 15 is 0 Å². The normalized spacial score (nSPS) is 36.1. The maximum atomic E-state index is 9.25. The third kappa shape index (κ3) is 1.33. The molecule has 0 amide bonds. The fraction of sp³-hybridized carbons (Fsp3) is 0.700. The highest BCUT2D eigenvalue weighted by Crippen LogP contribution is 2.39.